The lowest BCUT2D eigenvalue weighted by atomic mass is 10.2. The highest BCUT2D eigenvalue weighted by Gasteiger charge is 2.33. The summed E-state index contributed by atoms with van der Waals surface area (Å²) in [6.07, 6.45) is 0. The predicted octanol–water partition coefficient (Wildman–Crippen LogP) is 2.97. The topological polar surface area (TPSA) is 63.4 Å². The summed E-state index contributed by atoms with van der Waals surface area (Å²) >= 11 is 14.0. The molecule has 8 heteroatoms. The van der Waals surface area contributed by atoms with Crippen molar-refractivity contribution in [2.75, 3.05) is 13.1 Å². The van der Waals surface area contributed by atoms with Crippen LogP contribution < -0.4 is 5.73 Å². The van der Waals surface area contributed by atoms with Crippen LogP contribution in [0.3, 0.4) is 0 Å². The number of halogens is 2. The molecule has 1 heterocycles. The Morgan fingerprint density at radius 3 is 2.38 bits per heavy atom. The van der Waals surface area contributed by atoms with Crippen molar-refractivity contribution in [1.82, 2.24) is 4.31 Å². The molecule has 2 rings (SSSR count). The smallest absolute Gasteiger partial charge is 0.244 e. The van der Waals surface area contributed by atoms with Crippen molar-refractivity contribution >= 4 is 45.0 Å². The summed E-state index contributed by atoms with van der Waals surface area (Å²) in [6, 6.07) is 2.99. The van der Waals surface area contributed by atoms with E-state index in [1.54, 1.807) is 11.8 Å². The highest BCUT2D eigenvalue weighted by atomic mass is 35.5. The number of hydrogen-bond donors (Lipinski definition) is 1. The summed E-state index contributed by atoms with van der Waals surface area (Å²) in [6.45, 7) is 5.11. The molecule has 0 radical (unpaired) electrons. The van der Waals surface area contributed by atoms with Crippen LogP contribution in [0, 0.1) is 0 Å². The number of nitrogens with two attached hydrogens (primary N) is 1. The van der Waals surface area contributed by atoms with Crippen LogP contribution in [0.1, 0.15) is 19.4 Å². The largest absolute Gasteiger partial charge is 0.326 e. The lowest BCUT2D eigenvalue weighted by Crippen LogP contribution is -2.44. The summed E-state index contributed by atoms with van der Waals surface area (Å²) in [4.78, 5) is 0.0836. The monoisotopic (exact) mass is 368 g/mol. The third kappa shape index (κ3) is 3.51. The fourth-order valence-electron chi connectivity index (χ4n) is 2.43. The standard InChI is InChI=1S/C13H18Cl2N2O2S2/c1-8-6-17(7-9(2)20-8)21(18,19)12-4-3-11(14)10(5-16)13(12)15/h3-4,8-9H,5-7,16H2,1-2H3. The predicted molar refractivity (Wildman–Crippen MR) is 89.6 cm³/mol. The van der Waals surface area contributed by atoms with Gasteiger partial charge in [-0.1, -0.05) is 37.0 Å². The third-order valence-corrected chi connectivity index (χ3v) is 7.36. The number of benzene rings is 1. The van der Waals surface area contributed by atoms with E-state index in [1.807, 2.05) is 13.8 Å². The molecule has 0 aliphatic carbocycles. The molecule has 0 amide bonds. The summed E-state index contributed by atoms with van der Waals surface area (Å²) < 4.78 is 27.1. The van der Waals surface area contributed by atoms with E-state index in [0.29, 0.717) is 23.7 Å². The maximum absolute atomic E-state index is 12.8. The van der Waals surface area contributed by atoms with Crippen molar-refractivity contribution in [3.05, 3.63) is 27.7 Å². The van der Waals surface area contributed by atoms with E-state index in [0.717, 1.165) is 0 Å². The van der Waals surface area contributed by atoms with Crippen LogP contribution in [-0.2, 0) is 16.6 Å². The summed E-state index contributed by atoms with van der Waals surface area (Å²) in [7, 11) is -3.63. The second-order valence-electron chi connectivity index (χ2n) is 5.12. The van der Waals surface area contributed by atoms with Crippen molar-refractivity contribution in [1.29, 1.82) is 0 Å². The van der Waals surface area contributed by atoms with E-state index in [-0.39, 0.29) is 27.0 Å². The van der Waals surface area contributed by atoms with Crippen LogP contribution in [0.25, 0.3) is 0 Å². The molecule has 2 N–H and O–H groups in total. The van der Waals surface area contributed by atoms with E-state index in [4.69, 9.17) is 28.9 Å². The fourth-order valence-corrected chi connectivity index (χ4v) is 6.47. The Labute approximate surface area is 140 Å². The number of sulfonamides is 1. The molecule has 2 atom stereocenters. The zero-order valence-electron chi connectivity index (χ0n) is 11.8. The molecular formula is C13H18Cl2N2O2S2. The van der Waals surface area contributed by atoms with E-state index in [2.05, 4.69) is 0 Å². The minimum absolute atomic E-state index is 0.0836. The molecule has 1 aromatic rings. The Bertz CT molecular complexity index is 627. The molecule has 1 aliphatic heterocycles. The van der Waals surface area contributed by atoms with Gasteiger partial charge in [0.05, 0.1) is 5.02 Å². The molecule has 0 saturated carbocycles. The number of hydrogen-bond acceptors (Lipinski definition) is 4. The Kier molecular flexibility index (Phi) is 5.50. The maximum atomic E-state index is 12.8. The minimum Gasteiger partial charge on any atom is -0.326 e. The molecule has 0 bridgehead atoms. The molecular weight excluding hydrogens is 351 g/mol. The van der Waals surface area contributed by atoms with Gasteiger partial charge in [0.15, 0.2) is 0 Å². The molecule has 21 heavy (non-hydrogen) atoms. The zero-order chi connectivity index (χ0) is 15.8. The molecule has 0 spiro atoms. The first-order chi connectivity index (χ1) is 9.77. The second kappa shape index (κ2) is 6.64. The van der Waals surface area contributed by atoms with Crippen molar-refractivity contribution in [3.8, 4) is 0 Å². The fraction of sp³-hybridized carbons (Fsp3) is 0.538. The SMILES string of the molecule is CC1CN(S(=O)(=O)c2ccc(Cl)c(CN)c2Cl)CC(C)S1. The van der Waals surface area contributed by atoms with Crippen molar-refractivity contribution in [3.63, 3.8) is 0 Å². The van der Waals surface area contributed by atoms with Gasteiger partial charge in [-0.05, 0) is 12.1 Å². The van der Waals surface area contributed by atoms with E-state index in [1.165, 1.54) is 16.4 Å². The van der Waals surface area contributed by atoms with Crippen LogP contribution >= 0.6 is 35.0 Å². The minimum atomic E-state index is -3.63. The lowest BCUT2D eigenvalue weighted by Gasteiger charge is -2.34. The van der Waals surface area contributed by atoms with Gasteiger partial charge in [-0.2, -0.15) is 16.1 Å². The molecule has 4 nitrogen and oxygen atoms in total. The average Bonchev–Trinajstić information content (AvgIpc) is 2.37. The van der Waals surface area contributed by atoms with Crippen LogP contribution in [0.2, 0.25) is 10.0 Å². The van der Waals surface area contributed by atoms with Crippen molar-refractivity contribution in [2.45, 2.75) is 35.8 Å². The summed E-state index contributed by atoms with van der Waals surface area (Å²) in [5.74, 6) is 0. The Balaban J connectivity index is 2.45. The molecule has 1 saturated heterocycles. The van der Waals surface area contributed by atoms with Gasteiger partial charge >= 0.3 is 0 Å². The van der Waals surface area contributed by atoms with Gasteiger partial charge < -0.3 is 5.73 Å². The first-order valence-corrected chi connectivity index (χ1v) is 9.73. The van der Waals surface area contributed by atoms with Gasteiger partial charge in [0, 0.05) is 40.7 Å². The van der Waals surface area contributed by atoms with Crippen LogP contribution in [0.4, 0.5) is 0 Å². The van der Waals surface area contributed by atoms with Gasteiger partial charge in [-0.3, -0.25) is 0 Å². The lowest BCUT2D eigenvalue weighted by molar-refractivity contribution is 0.405. The second-order valence-corrected chi connectivity index (χ2v) is 9.69. The third-order valence-electron chi connectivity index (χ3n) is 3.36. The Hall–Kier alpha value is 0.0200. The van der Waals surface area contributed by atoms with E-state index in [9.17, 15) is 8.42 Å². The molecule has 1 aliphatic rings. The van der Waals surface area contributed by atoms with Gasteiger partial charge in [-0.25, -0.2) is 8.42 Å². The maximum Gasteiger partial charge on any atom is 0.244 e. The summed E-state index contributed by atoms with van der Waals surface area (Å²) in [5, 5.41) is 1.02. The number of thioether (sulfide) groups is 1. The Morgan fingerprint density at radius 2 is 1.86 bits per heavy atom. The average molecular weight is 369 g/mol. The number of nitrogens with zero attached hydrogens (tertiary/aromatic N) is 1. The zero-order valence-corrected chi connectivity index (χ0v) is 15.0. The quantitative estimate of drug-likeness (QED) is 0.890. The first-order valence-electron chi connectivity index (χ1n) is 6.60. The first kappa shape index (κ1) is 17.4. The molecule has 0 aromatic heterocycles. The normalized spacial score (nSPS) is 24.2. The van der Waals surface area contributed by atoms with Gasteiger partial charge in [0.25, 0.3) is 0 Å². The summed E-state index contributed by atoms with van der Waals surface area (Å²) in [5.41, 5.74) is 6.07. The molecule has 2 unspecified atom stereocenters. The van der Waals surface area contributed by atoms with E-state index < -0.39 is 10.0 Å². The van der Waals surface area contributed by atoms with E-state index >= 15 is 0 Å². The van der Waals surface area contributed by atoms with Crippen molar-refractivity contribution < 1.29 is 8.42 Å². The van der Waals surface area contributed by atoms with Crippen LogP contribution in [0.15, 0.2) is 17.0 Å². The van der Waals surface area contributed by atoms with Crippen molar-refractivity contribution in [2.24, 2.45) is 5.73 Å². The molecule has 1 fully saturated rings. The Morgan fingerprint density at radius 1 is 1.29 bits per heavy atom. The molecule has 1 aromatic carbocycles. The number of rotatable bonds is 3. The highest BCUT2D eigenvalue weighted by molar-refractivity contribution is 8.00. The van der Waals surface area contributed by atoms with Crippen LogP contribution in [0.5, 0.6) is 0 Å². The highest BCUT2D eigenvalue weighted by Crippen LogP contribution is 2.35. The van der Waals surface area contributed by atoms with Crippen LogP contribution in [-0.4, -0.2) is 36.3 Å². The van der Waals surface area contributed by atoms with Gasteiger partial charge in [-0.15, -0.1) is 0 Å². The molecule has 118 valence electrons. The van der Waals surface area contributed by atoms with Gasteiger partial charge in [0.2, 0.25) is 10.0 Å². The van der Waals surface area contributed by atoms with Gasteiger partial charge in [0.1, 0.15) is 4.90 Å².